The lowest BCUT2D eigenvalue weighted by Gasteiger charge is -2.38. The zero-order valence-corrected chi connectivity index (χ0v) is 16.2. The van der Waals surface area contributed by atoms with Crippen LogP contribution in [-0.2, 0) is 10.2 Å². The maximum atomic E-state index is 5.63. The van der Waals surface area contributed by atoms with Crippen LogP contribution in [0.4, 0.5) is 0 Å². The van der Waals surface area contributed by atoms with Crippen LogP contribution < -0.4 is 10.6 Å². The second kappa shape index (κ2) is 10.4. The van der Waals surface area contributed by atoms with Gasteiger partial charge in [0.15, 0.2) is 5.96 Å². The van der Waals surface area contributed by atoms with Crippen molar-refractivity contribution < 1.29 is 4.74 Å². The zero-order chi connectivity index (χ0) is 18.0. The number of hydrogen-bond donors (Lipinski definition) is 2. The van der Waals surface area contributed by atoms with Gasteiger partial charge >= 0.3 is 0 Å². The van der Waals surface area contributed by atoms with E-state index < -0.39 is 0 Å². The number of unbranched alkanes of at least 4 members (excludes halogenated alkanes) is 2. The molecular formula is C21H35N3O. The van der Waals surface area contributed by atoms with Gasteiger partial charge in [-0.1, -0.05) is 56.5 Å². The molecule has 1 atom stereocenters. The Hall–Kier alpha value is -1.55. The number of rotatable bonds is 8. The molecule has 2 N–H and O–H groups in total. The quantitative estimate of drug-likeness (QED) is 0.427. The molecule has 0 saturated carbocycles. The lowest BCUT2D eigenvalue weighted by molar-refractivity contribution is 0.0513. The van der Waals surface area contributed by atoms with Crippen LogP contribution in [0.2, 0.25) is 0 Å². The van der Waals surface area contributed by atoms with Gasteiger partial charge in [-0.25, -0.2) is 0 Å². The largest absolute Gasteiger partial charge is 0.381 e. The van der Waals surface area contributed by atoms with E-state index in [1.54, 1.807) is 0 Å². The summed E-state index contributed by atoms with van der Waals surface area (Å²) in [6.07, 6.45) is 7.12. The van der Waals surface area contributed by atoms with Crippen molar-refractivity contribution in [3.8, 4) is 0 Å². The molecule has 1 aromatic carbocycles. The Bertz CT molecular complexity index is 509. The van der Waals surface area contributed by atoms with Gasteiger partial charge in [0.1, 0.15) is 0 Å². The van der Waals surface area contributed by atoms with Crippen LogP contribution in [0.25, 0.3) is 0 Å². The van der Waals surface area contributed by atoms with Crippen LogP contribution >= 0.6 is 0 Å². The number of hydrogen-bond acceptors (Lipinski definition) is 2. The first-order valence-corrected chi connectivity index (χ1v) is 9.80. The maximum Gasteiger partial charge on any atom is 0.191 e. The molecule has 1 aliphatic heterocycles. The number of nitrogens with zero attached hydrogens (tertiary/aromatic N) is 1. The highest BCUT2D eigenvalue weighted by Crippen LogP contribution is 2.34. The standard InChI is InChI=1S/C21H35N3O/c1-4-5-7-10-18(2)24-20(22-3)23-17-21(13-15-25-16-14-21)19-11-8-6-9-12-19/h6,8-9,11-12,18H,4-5,7,10,13-17H2,1-3H3,(H2,22,23,24). The molecule has 1 saturated heterocycles. The number of guanidine groups is 1. The Morgan fingerprint density at radius 2 is 1.92 bits per heavy atom. The van der Waals surface area contributed by atoms with Gasteiger partial charge < -0.3 is 15.4 Å². The van der Waals surface area contributed by atoms with Gasteiger partial charge in [-0.15, -0.1) is 0 Å². The van der Waals surface area contributed by atoms with Crippen LogP contribution in [0.1, 0.15) is 57.9 Å². The molecule has 1 aliphatic rings. The van der Waals surface area contributed by atoms with Gasteiger partial charge in [-0.3, -0.25) is 4.99 Å². The van der Waals surface area contributed by atoms with Crippen molar-refractivity contribution in [3.63, 3.8) is 0 Å². The molecular weight excluding hydrogens is 310 g/mol. The Morgan fingerprint density at radius 1 is 1.20 bits per heavy atom. The zero-order valence-electron chi connectivity index (χ0n) is 16.2. The minimum atomic E-state index is 0.128. The SMILES string of the molecule is CCCCCC(C)NC(=NC)NCC1(c2ccccc2)CCOCC1. The Balaban J connectivity index is 1.95. The molecule has 1 unspecified atom stereocenters. The molecule has 0 amide bonds. The monoisotopic (exact) mass is 345 g/mol. The molecule has 4 heteroatoms. The second-order valence-electron chi connectivity index (χ2n) is 7.23. The summed E-state index contributed by atoms with van der Waals surface area (Å²) >= 11 is 0. The molecule has 25 heavy (non-hydrogen) atoms. The Morgan fingerprint density at radius 3 is 2.56 bits per heavy atom. The summed E-state index contributed by atoms with van der Waals surface area (Å²) < 4.78 is 5.63. The summed E-state index contributed by atoms with van der Waals surface area (Å²) in [5.41, 5.74) is 1.53. The van der Waals surface area contributed by atoms with E-state index in [1.807, 2.05) is 7.05 Å². The van der Waals surface area contributed by atoms with Crippen LogP contribution in [0.5, 0.6) is 0 Å². The van der Waals surface area contributed by atoms with Gasteiger partial charge in [0.25, 0.3) is 0 Å². The maximum absolute atomic E-state index is 5.63. The molecule has 0 bridgehead atoms. The molecule has 1 aromatic rings. The smallest absolute Gasteiger partial charge is 0.191 e. The molecule has 140 valence electrons. The van der Waals surface area contributed by atoms with E-state index in [-0.39, 0.29) is 5.41 Å². The highest BCUT2D eigenvalue weighted by atomic mass is 16.5. The second-order valence-corrected chi connectivity index (χ2v) is 7.23. The fourth-order valence-corrected chi connectivity index (χ4v) is 3.57. The first-order valence-electron chi connectivity index (χ1n) is 9.80. The van der Waals surface area contributed by atoms with E-state index in [0.29, 0.717) is 6.04 Å². The third-order valence-electron chi connectivity index (χ3n) is 5.28. The molecule has 4 nitrogen and oxygen atoms in total. The van der Waals surface area contributed by atoms with Gasteiger partial charge in [-0.2, -0.15) is 0 Å². The summed E-state index contributed by atoms with van der Waals surface area (Å²) in [7, 11) is 1.85. The molecule has 0 radical (unpaired) electrons. The Kier molecular flexibility index (Phi) is 8.26. The minimum Gasteiger partial charge on any atom is -0.381 e. The van der Waals surface area contributed by atoms with E-state index in [0.717, 1.165) is 38.6 Å². The van der Waals surface area contributed by atoms with Crippen molar-refractivity contribution in [2.75, 3.05) is 26.8 Å². The summed E-state index contributed by atoms with van der Waals surface area (Å²) in [4.78, 5) is 4.43. The van der Waals surface area contributed by atoms with Gasteiger partial charge in [-0.05, 0) is 31.7 Å². The van der Waals surface area contributed by atoms with Crippen molar-refractivity contribution in [2.45, 2.75) is 63.8 Å². The van der Waals surface area contributed by atoms with Crippen LogP contribution in [0.15, 0.2) is 35.3 Å². The average Bonchev–Trinajstić information content (AvgIpc) is 2.67. The van der Waals surface area contributed by atoms with E-state index >= 15 is 0 Å². The number of benzene rings is 1. The van der Waals surface area contributed by atoms with Crippen LogP contribution in [0.3, 0.4) is 0 Å². The minimum absolute atomic E-state index is 0.128. The van der Waals surface area contributed by atoms with Crippen molar-refractivity contribution >= 4 is 5.96 Å². The van der Waals surface area contributed by atoms with E-state index in [9.17, 15) is 0 Å². The normalized spacial score (nSPS) is 18.6. The highest BCUT2D eigenvalue weighted by molar-refractivity contribution is 5.80. The summed E-state index contributed by atoms with van der Waals surface area (Å²) in [6.45, 7) is 7.03. The van der Waals surface area contributed by atoms with Crippen molar-refractivity contribution in [2.24, 2.45) is 4.99 Å². The lowest BCUT2D eigenvalue weighted by Crippen LogP contribution is -2.49. The lowest BCUT2D eigenvalue weighted by atomic mass is 9.74. The first kappa shape index (κ1) is 19.8. The molecule has 0 aliphatic carbocycles. The summed E-state index contributed by atoms with van der Waals surface area (Å²) in [5.74, 6) is 0.908. The van der Waals surface area contributed by atoms with Crippen molar-refractivity contribution in [3.05, 3.63) is 35.9 Å². The fourth-order valence-electron chi connectivity index (χ4n) is 3.57. The van der Waals surface area contributed by atoms with Gasteiger partial charge in [0.05, 0.1) is 0 Å². The number of aliphatic imine (C=N–C) groups is 1. The van der Waals surface area contributed by atoms with Crippen molar-refractivity contribution in [1.29, 1.82) is 0 Å². The molecule has 1 fully saturated rings. The summed E-state index contributed by atoms with van der Waals surface area (Å²) in [6, 6.07) is 11.3. The van der Waals surface area contributed by atoms with Crippen LogP contribution in [-0.4, -0.2) is 38.8 Å². The Labute approximate surface area is 153 Å². The van der Waals surface area contributed by atoms with Gasteiger partial charge in [0, 0.05) is 38.3 Å². The van der Waals surface area contributed by atoms with E-state index in [2.05, 4.69) is 59.8 Å². The first-order chi connectivity index (χ1) is 12.2. The molecule has 2 rings (SSSR count). The average molecular weight is 346 g/mol. The molecule has 0 aromatic heterocycles. The molecule has 1 heterocycles. The fraction of sp³-hybridized carbons (Fsp3) is 0.667. The van der Waals surface area contributed by atoms with Gasteiger partial charge in [0.2, 0.25) is 0 Å². The summed E-state index contributed by atoms with van der Waals surface area (Å²) in [5, 5.41) is 7.12. The number of ether oxygens (including phenoxy) is 1. The predicted octanol–water partition coefficient (Wildman–Crippen LogP) is 3.87. The predicted molar refractivity (Wildman–Crippen MR) is 106 cm³/mol. The van der Waals surface area contributed by atoms with E-state index in [4.69, 9.17) is 4.74 Å². The third-order valence-corrected chi connectivity index (χ3v) is 5.28. The number of nitrogens with one attached hydrogen (secondary N) is 2. The van der Waals surface area contributed by atoms with E-state index in [1.165, 1.54) is 31.2 Å². The van der Waals surface area contributed by atoms with Crippen LogP contribution in [0, 0.1) is 0 Å². The topological polar surface area (TPSA) is 45.7 Å². The molecule has 0 spiro atoms. The van der Waals surface area contributed by atoms with Crippen molar-refractivity contribution in [1.82, 2.24) is 10.6 Å². The third kappa shape index (κ3) is 6.03. The highest BCUT2D eigenvalue weighted by Gasteiger charge is 2.34.